The van der Waals surface area contributed by atoms with E-state index in [1.165, 1.54) is 6.92 Å². The topological polar surface area (TPSA) is 125 Å². The first kappa shape index (κ1) is 18.7. The van der Waals surface area contributed by atoms with Crippen molar-refractivity contribution in [2.45, 2.75) is 38.6 Å². The quantitative estimate of drug-likeness (QED) is 0.442. The molecular weight excluding hydrogens is 286 g/mol. The van der Waals surface area contributed by atoms with Crippen molar-refractivity contribution in [3.8, 4) is 0 Å². The molecule has 2 amide bonds. The molecule has 0 heterocycles. The van der Waals surface area contributed by atoms with Gasteiger partial charge in [0.25, 0.3) is 0 Å². The molecule has 0 spiro atoms. The molecule has 1 unspecified atom stereocenters. The number of aliphatic carboxylic acids is 1. The molecule has 0 rings (SSSR count). The SMILES string of the molecule is CCCC(C)(NC(=O)NCCCNS(C)(=O)=O)C(=O)O. The smallest absolute Gasteiger partial charge is 0.329 e. The van der Waals surface area contributed by atoms with E-state index in [9.17, 15) is 18.0 Å². The Labute approximate surface area is 119 Å². The molecule has 4 N–H and O–H groups in total. The van der Waals surface area contributed by atoms with E-state index in [1.807, 2.05) is 6.92 Å². The van der Waals surface area contributed by atoms with Crippen LogP contribution in [0.3, 0.4) is 0 Å². The van der Waals surface area contributed by atoms with Crippen molar-refractivity contribution in [1.29, 1.82) is 0 Å². The molecule has 0 aliphatic rings. The van der Waals surface area contributed by atoms with Gasteiger partial charge >= 0.3 is 12.0 Å². The van der Waals surface area contributed by atoms with Crippen LogP contribution in [0.1, 0.15) is 33.1 Å². The lowest BCUT2D eigenvalue weighted by molar-refractivity contribution is -0.144. The summed E-state index contributed by atoms with van der Waals surface area (Å²) in [4.78, 5) is 22.7. The van der Waals surface area contributed by atoms with Gasteiger partial charge in [-0.25, -0.2) is 22.7 Å². The van der Waals surface area contributed by atoms with Crippen LogP contribution in [-0.4, -0.2) is 50.4 Å². The Bertz CT molecular complexity index is 437. The van der Waals surface area contributed by atoms with Crippen molar-refractivity contribution in [3.63, 3.8) is 0 Å². The van der Waals surface area contributed by atoms with Crippen LogP contribution in [0.25, 0.3) is 0 Å². The van der Waals surface area contributed by atoms with Crippen LogP contribution in [0.2, 0.25) is 0 Å². The number of amides is 2. The van der Waals surface area contributed by atoms with Crippen molar-refractivity contribution in [1.82, 2.24) is 15.4 Å². The fourth-order valence-corrected chi connectivity index (χ4v) is 2.08. The molecule has 20 heavy (non-hydrogen) atoms. The van der Waals surface area contributed by atoms with Crippen LogP contribution in [0.4, 0.5) is 4.79 Å². The summed E-state index contributed by atoms with van der Waals surface area (Å²) in [6, 6.07) is -0.581. The van der Waals surface area contributed by atoms with E-state index in [4.69, 9.17) is 5.11 Å². The van der Waals surface area contributed by atoms with Crippen molar-refractivity contribution < 1.29 is 23.1 Å². The summed E-state index contributed by atoms with van der Waals surface area (Å²) in [5.74, 6) is -1.09. The van der Waals surface area contributed by atoms with E-state index in [1.54, 1.807) is 0 Å². The fourth-order valence-electron chi connectivity index (χ4n) is 1.57. The standard InChI is InChI=1S/C11H23N3O5S/c1-4-6-11(2,9(15)16)14-10(17)12-7-5-8-13-20(3,18)19/h13H,4-8H2,1-3H3,(H,15,16)(H2,12,14,17). The van der Waals surface area contributed by atoms with Gasteiger partial charge in [-0.05, 0) is 19.8 Å². The third-order valence-corrected chi connectivity index (χ3v) is 3.34. The molecule has 8 nitrogen and oxygen atoms in total. The second-order valence-corrected chi connectivity index (χ2v) is 6.62. The Morgan fingerprint density at radius 2 is 1.85 bits per heavy atom. The second-order valence-electron chi connectivity index (χ2n) is 4.79. The summed E-state index contributed by atoms with van der Waals surface area (Å²) in [5, 5.41) is 14.0. The van der Waals surface area contributed by atoms with Gasteiger partial charge in [0.1, 0.15) is 5.54 Å². The first-order valence-corrected chi connectivity index (χ1v) is 8.24. The average molecular weight is 309 g/mol. The number of hydrogen-bond acceptors (Lipinski definition) is 4. The molecule has 0 aliphatic carbocycles. The number of sulfonamides is 1. The number of carbonyl (C=O) groups is 2. The second kappa shape index (κ2) is 8.05. The van der Waals surface area contributed by atoms with E-state index >= 15 is 0 Å². The zero-order valence-corrected chi connectivity index (χ0v) is 12.8. The Morgan fingerprint density at radius 3 is 2.30 bits per heavy atom. The maximum atomic E-state index is 11.6. The number of hydrogen-bond donors (Lipinski definition) is 4. The molecule has 0 fully saturated rings. The van der Waals surface area contributed by atoms with Gasteiger partial charge in [-0.15, -0.1) is 0 Å². The predicted molar refractivity (Wildman–Crippen MR) is 74.9 cm³/mol. The Kier molecular flexibility index (Phi) is 7.51. The van der Waals surface area contributed by atoms with Crippen LogP contribution in [0.15, 0.2) is 0 Å². The van der Waals surface area contributed by atoms with Gasteiger partial charge in [-0.2, -0.15) is 0 Å². The molecule has 118 valence electrons. The molecule has 1 atom stereocenters. The minimum Gasteiger partial charge on any atom is -0.480 e. The van der Waals surface area contributed by atoms with Crippen LogP contribution in [0, 0.1) is 0 Å². The first-order valence-electron chi connectivity index (χ1n) is 6.35. The predicted octanol–water partition coefficient (Wildman–Crippen LogP) is -0.132. The highest BCUT2D eigenvalue weighted by Crippen LogP contribution is 2.12. The maximum absolute atomic E-state index is 11.6. The zero-order valence-electron chi connectivity index (χ0n) is 12.0. The lowest BCUT2D eigenvalue weighted by Crippen LogP contribution is -2.55. The van der Waals surface area contributed by atoms with Gasteiger partial charge in [-0.1, -0.05) is 13.3 Å². The highest BCUT2D eigenvalue weighted by atomic mass is 32.2. The summed E-state index contributed by atoms with van der Waals surface area (Å²) < 4.78 is 23.9. The fraction of sp³-hybridized carbons (Fsp3) is 0.818. The molecular formula is C11H23N3O5S. The molecule has 0 aromatic carbocycles. The van der Waals surface area contributed by atoms with Gasteiger partial charge in [0.2, 0.25) is 10.0 Å². The van der Waals surface area contributed by atoms with E-state index in [2.05, 4.69) is 15.4 Å². The zero-order chi connectivity index (χ0) is 15.8. The monoisotopic (exact) mass is 309 g/mol. The number of carboxylic acid groups (broad SMARTS) is 1. The van der Waals surface area contributed by atoms with Gasteiger partial charge in [0.05, 0.1) is 6.26 Å². The highest BCUT2D eigenvalue weighted by Gasteiger charge is 2.33. The maximum Gasteiger partial charge on any atom is 0.329 e. The molecule has 0 saturated carbocycles. The molecule has 0 radical (unpaired) electrons. The number of urea groups is 1. The van der Waals surface area contributed by atoms with Crippen LogP contribution in [0.5, 0.6) is 0 Å². The van der Waals surface area contributed by atoms with Crippen molar-refractivity contribution >= 4 is 22.0 Å². The first-order chi connectivity index (χ1) is 9.10. The van der Waals surface area contributed by atoms with Crippen LogP contribution >= 0.6 is 0 Å². The van der Waals surface area contributed by atoms with Crippen molar-refractivity contribution in [3.05, 3.63) is 0 Å². The summed E-state index contributed by atoms with van der Waals surface area (Å²) in [5.41, 5.74) is -1.30. The van der Waals surface area contributed by atoms with Crippen LogP contribution < -0.4 is 15.4 Å². The van der Waals surface area contributed by atoms with E-state index in [0.29, 0.717) is 19.3 Å². The van der Waals surface area contributed by atoms with Crippen molar-refractivity contribution in [2.75, 3.05) is 19.3 Å². The van der Waals surface area contributed by atoms with E-state index in [-0.39, 0.29) is 13.1 Å². The highest BCUT2D eigenvalue weighted by molar-refractivity contribution is 7.88. The average Bonchev–Trinajstić information content (AvgIpc) is 2.26. The summed E-state index contributed by atoms with van der Waals surface area (Å²) >= 11 is 0. The molecule has 0 saturated heterocycles. The molecule has 0 aromatic rings. The Hall–Kier alpha value is -1.35. The normalized spacial score (nSPS) is 14.3. The third kappa shape index (κ3) is 7.95. The Morgan fingerprint density at radius 1 is 1.25 bits per heavy atom. The van der Waals surface area contributed by atoms with Crippen molar-refractivity contribution in [2.24, 2.45) is 0 Å². The third-order valence-electron chi connectivity index (χ3n) is 2.61. The number of nitrogens with one attached hydrogen (secondary N) is 3. The lowest BCUT2D eigenvalue weighted by atomic mass is 9.97. The number of rotatable bonds is 9. The minimum absolute atomic E-state index is 0.213. The van der Waals surface area contributed by atoms with E-state index < -0.39 is 27.6 Å². The molecule has 9 heteroatoms. The van der Waals surface area contributed by atoms with Gasteiger partial charge in [0.15, 0.2) is 0 Å². The van der Waals surface area contributed by atoms with Crippen LogP contribution in [-0.2, 0) is 14.8 Å². The largest absolute Gasteiger partial charge is 0.480 e. The molecule has 0 aromatic heterocycles. The lowest BCUT2D eigenvalue weighted by Gasteiger charge is -2.25. The van der Waals surface area contributed by atoms with Gasteiger partial charge in [0, 0.05) is 13.1 Å². The molecule has 0 bridgehead atoms. The minimum atomic E-state index is -3.23. The van der Waals surface area contributed by atoms with E-state index in [0.717, 1.165) is 6.26 Å². The summed E-state index contributed by atoms with van der Waals surface area (Å²) in [7, 11) is -3.23. The molecule has 0 aliphatic heterocycles. The summed E-state index contributed by atoms with van der Waals surface area (Å²) in [6.45, 7) is 3.74. The Balaban J connectivity index is 4.07. The van der Waals surface area contributed by atoms with Gasteiger partial charge < -0.3 is 15.7 Å². The number of carboxylic acids is 1. The summed E-state index contributed by atoms with van der Waals surface area (Å²) in [6.07, 6.45) is 2.42. The van der Waals surface area contributed by atoms with Gasteiger partial charge in [-0.3, -0.25) is 0 Å². The number of carbonyl (C=O) groups excluding carboxylic acids is 1.